The quantitative estimate of drug-likeness (QED) is 0.647. The first-order chi connectivity index (χ1) is 7.18. The third-order valence-corrected chi connectivity index (χ3v) is 2.59. The number of hydrogen-bond donors (Lipinski definition) is 1. The second-order valence-electron chi connectivity index (χ2n) is 3.15. The van der Waals surface area contributed by atoms with Crippen LogP contribution in [0.15, 0.2) is 24.3 Å². The zero-order valence-electron chi connectivity index (χ0n) is 8.28. The van der Waals surface area contributed by atoms with Crippen LogP contribution in [0.1, 0.15) is 19.3 Å². The summed E-state index contributed by atoms with van der Waals surface area (Å²) in [6, 6.07) is 7.79. The van der Waals surface area contributed by atoms with Crippen molar-refractivity contribution < 1.29 is 14.6 Å². The molecule has 0 radical (unpaired) electrons. The lowest BCUT2D eigenvalue weighted by Gasteiger charge is -2.05. The Morgan fingerprint density at radius 1 is 1.27 bits per heavy atom. The van der Waals surface area contributed by atoms with Crippen LogP contribution in [0.2, 0.25) is 0 Å². The molecular weight excluding hydrogens is 307 g/mol. The second-order valence-corrected chi connectivity index (χ2v) is 4.40. The Kier molecular flexibility index (Phi) is 5.45. The first-order valence-electron chi connectivity index (χ1n) is 4.78. The molecule has 15 heavy (non-hydrogen) atoms. The summed E-state index contributed by atoms with van der Waals surface area (Å²) in [6.45, 7) is 0.577. The maximum atomic E-state index is 10.2. The molecule has 0 aromatic heterocycles. The highest BCUT2D eigenvalue weighted by molar-refractivity contribution is 14.1. The van der Waals surface area contributed by atoms with Crippen LogP contribution in [-0.2, 0) is 4.79 Å². The van der Waals surface area contributed by atoms with Gasteiger partial charge in [0.25, 0.3) is 0 Å². The van der Waals surface area contributed by atoms with Crippen LogP contribution in [-0.4, -0.2) is 17.7 Å². The lowest BCUT2D eigenvalue weighted by Crippen LogP contribution is -2.00. The summed E-state index contributed by atoms with van der Waals surface area (Å²) >= 11 is 2.23. The van der Waals surface area contributed by atoms with Gasteiger partial charge in [-0.1, -0.05) is 0 Å². The van der Waals surface area contributed by atoms with Crippen LogP contribution in [0.5, 0.6) is 5.75 Å². The van der Waals surface area contributed by atoms with Crippen LogP contribution in [0.3, 0.4) is 0 Å². The number of hydrogen-bond acceptors (Lipinski definition) is 2. The molecule has 0 aliphatic heterocycles. The van der Waals surface area contributed by atoms with E-state index in [2.05, 4.69) is 22.6 Å². The van der Waals surface area contributed by atoms with Crippen molar-refractivity contribution in [1.29, 1.82) is 0 Å². The van der Waals surface area contributed by atoms with Crippen molar-refractivity contribution >= 4 is 28.6 Å². The Hall–Kier alpha value is -0.780. The highest BCUT2D eigenvalue weighted by Crippen LogP contribution is 2.13. The van der Waals surface area contributed by atoms with E-state index in [0.29, 0.717) is 13.0 Å². The summed E-state index contributed by atoms with van der Waals surface area (Å²) in [5.74, 6) is 0.0926. The van der Waals surface area contributed by atoms with Crippen LogP contribution in [0.4, 0.5) is 0 Å². The standard InChI is InChI=1S/C11H13IO3/c12-9-4-6-10(7-5-9)15-8-2-1-3-11(13)14/h4-7H,1-3,8H2,(H,13,14). The zero-order chi connectivity index (χ0) is 11.1. The lowest BCUT2D eigenvalue weighted by atomic mass is 10.2. The first-order valence-corrected chi connectivity index (χ1v) is 5.86. The van der Waals surface area contributed by atoms with Crippen LogP contribution in [0.25, 0.3) is 0 Å². The molecule has 3 nitrogen and oxygen atoms in total. The third kappa shape index (κ3) is 5.61. The molecule has 1 aromatic carbocycles. The molecule has 0 amide bonds. The highest BCUT2D eigenvalue weighted by Gasteiger charge is 1.97. The average Bonchev–Trinajstić information content (AvgIpc) is 2.20. The van der Waals surface area contributed by atoms with Crippen molar-refractivity contribution in [3.05, 3.63) is 27.8 Å². The molecular formula is C11H13IO3. The van der Waals surface area contributed by atoms with Gasteiger partial charge in [0.15, 0.2) is 0 Å². The van der Waals surface area contributed by atoms with Crippen molar-refractivity contribution in [3.63, 3.8) is 0 Å². The van der Waals surface area contributed by atoms with E-state index in [0.717, 1.165) is 12.2 Å². The fraction of sp³-hybridized carbons (Fsp3) is 0.364. The number of aliphatic carboxylic acids is 1. The van der Waals surface area contributed by atoms with Crippen molar-refractivity contribution in [2.45, 2.75) is 19.3 Å². The number of carboxylic acids is 1. The summed E-state index contributed by atoms with van der Waals surface area (Å²) in [4.78, 5) is 10.2. The number of benzene rings is 1. The van der Waals surface area contributed by atoms with Crippen molar-refractivity contribution in [3.8, 4) is 5.75 Å². The Balaban J connectivity index is 2.15. The Morgan fingerprint density at radius 2 is 1.93 bits per heavy atom. The van der Waals surface area contributed by atoms with Gasteiger partial charge in [-0.2, -0.15) is 0 Å². The zero-order valence-corrected chi connectivity index (χ0v) is 10.4. The molecule has 0 aliphatic rings. The smallest absolute Gasteiger partial charge is 0.303 e. The number of ether oxygens (including phenoxy) is 1. The molecule has 0 unspecified atom stereocenters. The van der Waals surface area contributed by atoms with E-state index in [1.165, 1.54) is 3.57 Å². The predicted octanol–water partition coefficient (Wildman–Crippen LogP) is 2.92. The van der Waals surface area contributed by atoms with E-state index in [4.69, 9.17) is 9.84 Å². The minimum absolute atomic E-state index is 0.218. The Morgan fingerprint density at radius 3 is 2.53 bits per heavy atom. The van der Waals surface area contributed by atoms with Gasteiger partial charge in [0.2, 0.25) is 0 Å². The van der Waals surface area contributed by atoms with Gasteiger partial charge < -0.3 is 9.84 Å². The normalized spacial score (nSPS) is 9.93. The van der Waals surface area contributed by atoms with E-state index < -0.39 is 5.97 Å². The maximum Gasteiger partial charge on any atom is 0.303 e. The van der Waals surface area contributed by atoms with E-state index in [1.54, 1.807) is 0 Å². The van der Waals surface area contributed by atoms with Crippen LogP contribution < -0.4 is 4.74 Å². The van der Waals surface area contributed by atoms with Gasteiger partial charge in [0, 0.05) is 9.99 Å². The average molecular weight is 320 g/mol. The monoisotopic (exact) mass is 320 g/mol. The number of halogens is 1. The molecule has 0 atom stereocenters. The molecule has 1 N–H and O–H groups in total. The summed E-state index contributed by atoms with van der Waals surface area (Å²) in [5.41, 5.74) is 0. The van der Waals surface area contributed by atoms with Crippen LogP contribution in [0, 0.1) is 3.57 Å². The van der Waals surface area contributed by atoms with Gasteiger partial charge in [-0.15, -0.1) is 0 Å². The third-order valence-electron chi connectivity index (χ3n) is 1.87. The molecule has 1 aromatic rings. The minimum Gasteiger partial charge on any atom is -0.494 e. The van der Waals surface area contributed by atoms with Crippen molar-refractivity contribution in [2.24, 2.45) is 0 Å². The molecule has 0 spiro atoms. The first kappa shape index (κ1) is 12.3. The SMILES string of the molecule is O=C(O)CCCCOc1ccc(I)cc1. The Bertz CT molecular complexity index is 308. The van der Waals surface area contributed by atoms with Gasteiger partial charge in [-0.05, 0) is 59.7 Å². The fourth-order valence-electron chi connectivity index (χ4n) is 1.10. The molecule has 0 heterocycles. The van der Waals surface area contributed by atoms with Gasteiger partial charge in [-0.25, -0.2) is 0 Å². The van der Waals surface area contributed by atoms with Crippen molar-refractivity contribution in [2.75, 3.05) is 6.61 Å². The van der Waals surface area contributed by atoms with E-state index in [-0.39, 0.29) is 6.42 Å². The number of unbranched alkanes of at least 4 members (excludes halogenated alkanes) is 1. The van der Waals surface area contributed by atoms with E-state index in [9.17, 15) is 4.79 Å². The van der Waals surface area contributed by atoms with Crippen LogP contribution >= 0.6 is 22.6 Å². The molecule has 0 aliphatic carbocycles. The number of rotatable bonds is 6. The minimum atomic E-state index is -0.746. The highest BCUT2D eigenvalue weighted by atomic mass is 127. The van der Waals surface area contributed by atoms with Gasteiger partial charge >= 0.3 is 5.97 Å². The fourth-order valence-corrected chi connectivity index (χ4v) is 1.46. The lowest BCUT2D eigenvalue weighted by molar-refractivity contribution is -0.137. The Labute approximate surface area is 103 Å². The van der Waals surface area contributed by atoms with E-state index in [1.807, 2.05) is 24.3 Å². The second kappa shape index (κ2) is 6.66. The summed E-state index contributed by atoms with van der Waals surface area (Å²) < 4.78 is 6.62. The predicted molar refractivity (Wildman–Crippen MR) is 66.1 cm³/mol. The molecule has 4 heteroatoms. The maximum absolute atomic E-state index is 10.2. The largest absolute Gasteiger partial charge is 0.494 e. The summed E-state index contributed by atoms with van der Waals surface area (Å²) in [7, 11) is 0. The molecule has 0 bridgehead atoms. The summed E-state index contributed by atoms with van der Waals surface area (Å²) in [6.07, 6.45) is 1.66. The van der Waals surface area contributed by atoms with Crippen molar-refractivity contribution in [1.82, 2.24) is 0 Å². The van der Waals surface area contributed by atoms with E-state index >= 15 is 0 Å². The molecule has 0 saturated carbocycles. The van der Waals surface area contributed by atoms with Gasteiger partial charge in [-0.3, -0.25) is 4.79 Å². The topological polar surface area (TPSA) is 46.5 Å². The number of carboxylic acid groups (broad SMARTS) is 1. The molecule has 82 valence electrons. The van der Waals surface area contributed by atoms with Gasteiger partial charge in [0.1, 0.15) is 5.75 Å². The molecule has 0 fully saturated rings. The summed E-state index contributed by atoms with van der Waals surface area (Å²) in [5, 5.41) is 8.42. The molecule has 1 rings (SSSR count). The molecule has 0 saturated heterocycles. The number of carbonyl (C=O) groups is 1. The van der Waals surface area contributed by atoms with Gasteiger partial charge in [0.05, 0.1) is 6.61 Å².